The fourth-order valence-corrected chi connectivity index (χ4v) is 1.90. The van der Waals surface area contributed by atoms with Gasteiger partial charge < -0.3 is 16.0 Å². The number of carbonyl (C=O) groups excluding carboxylic acids is 2. The zero-order valence-electron chi connectivity index (χ0n) is 11.9. The molecule has 1 rings (SSSR count). The normalized spacial score (nSPS) is 11.8. The molecule has 1 aromatic rings. The number of amides is 2. The van der Waals surface area contributed by atoms with E-state index in [4.69, 9.17) is 11.6 Å². The first kappa shape index (κ1) is 16.5. The van der Waals surface area contributed by atoms with Crippen LogP contribution < -0.4 is 16.0 Å². The summed E-state index contributed by atoms with van der Waals surface area (Å²) in [5, 5.41) is 8.85. The van der Waals surface area contributed by atoms with Crippen molar-refractivity contribution in [2.75, 3.05) is 25.5 Å². The van der Waals surface area contributed by atoms with Crippen LogP contribution in [0.4, 0.5) is 5.69 Å². The van der Waals surface area contributed by atoms with Gasteiger partial charge in [-0.25, -0.2) is 0 Å². The van der Waals surface area contributed by atoms with Crippen molar-refractivity contribution < 1.29 is 9.59 Å². The van der Waals surface area contributed by atoms with Gasteiger partial charge in [-0.15, -0.1) is 0 Å². The Balaban J connectivity index is 2.94. The monoisotopic (exact) mass is 297 g/mol. The van der Waals surface area contributed by atoms with E-state index in [0.717, 1.165) is 0 Å². The number of hydrogen-bond donors (Lipinski definition) is 3. The average Bonchev–Trinajstić information content (AvgIpc) is 2.41. The van der Waals surface area contributed by atoms with Gasteiger partial charge in [0.25, 0.3) is 5.91 Å². The van der Waals surface area contributed by atoms with Gasteiger partial charge in [-0.05, 0) is 32.2 Å². The number of halogens is 1. The van der Waals surface area contributed by atoms with Gasteiger partial charge in [-0.1, -0.05) is 18.5 Å². The summed E-state index contributed by atoms with van der Waals surface area (Å²) in [5.74, 6) is -0.600. The molecule has 0 aliphatic rings. The van der Waals surface area contributed by atoms with Crippen LogP contribution in [0, 0.1) is 5.92 Å². The summed E-state index contributed by atoms with van der Waals surface area (Å²) in [6.07, 6.45) is 0. The summed E-state index contributed by atoms with van der Waals surface area (Å²) in [4.78, 5) is 24.0. The predicted molar refractivity (Wildman–Crippen MR) is 81.2 cm³/mol. The Hall–Kier alpha value is -1.59. The van der Waals surface area contributed by atoms with E-state index in [0.29, 0.717) is 29.4 Å². The smallest absolute Gasteiger partial charge is 0.253 e. The molecule has 1 aromatic carbocycles. The lowest BCUT2D eigenvalue weighted by Gasteiger charge is -2.14. The number of hydrogen-bond acceptors (Lipinski definition) is 3. The van der Waals surface area contributed by atoms with Crippen molar-refractivity contribution in [2.24, 2.45) is 5.92 Å². The van der Waals surface area contributed by atoms with Crippen LogP contribution in [0.25, 0.3) is 0 Å². The Morgan fingerprint density at radius 1 is 1.35 bits per heavy atom. The van der Waals surface area contributed by atoms with E-state index < -0.39 is 0 Å². The summed E-state index contributed by atoms with van der Waals surface area (Å²) in [5.41, 5.74) is 0.831. The molecule has 5 nitrogen and oxygen atoms in total. The second kappa shape index (κ2) is 7.87. The maximum atomic E-state index is 12.0. The Morgan fingerprint density at radius 2 is 2.05 bits per heavy atom. The maximum Gasteiger partial charge on any atom is 0.253 e. The molecule has 0 aliphatic carbocycles. The number of rotatable bonds is 6. The Morgan fingerprint density at radius 3 is 2.65 bits per heavy atom. The van der Waals surface area contributed by atoms with Gasteiger partial charge in [0.1, 0.15) is 0 Å². The van der Waals surface area contributed by atoms with Gasteiger partial charge in [-0.3, -0.25) is 9.59 Å². The molecular formula is C14H20ClN3O2. The second-order valence-corrected chi connectivity index (χ2v) is 4.93. The average molecular weight is 298 g/mol. The summed E-state index contributed by atoms with van der Waals surface area (Å²) in [6, 6.07) is 4.82. The SMILES string of the molecule is CCNC(=O)c1cc(Cl)ccc1NC(=O)C(C)CNC. The zero-order chi connectivity index (χ0) is 15.1. The number of anilines is 1. The maximum absolute atomic E-state index is 12.0. The summed E-state index contributed by atoms with van der Waals surface area (Å²) < 4.78 is 0. The standard InChI is InChI=1S/C14H20ClN3O2/c1-4-17-14(20)11-7-10(15)5-6-12(11)18-13(19)9(2)8-16-3/h5-7,9,16H,4,8H2,1-3H3,(H,17,20)(H,18,19). The third-order valence-electron chi connectivity index (χ3n) is 2.78. The lowest BCUT2D eigenvalue weighted by Crippen LogP contribution is -2.30. The number of carbonyl (C=O) groups is 2. The Kier molecular flexibility index (Phi) is 6.48. The lowest BCUT2D eigenvalue weighted by atomic mass is 10.1. The molecule has 0 saturated carbocycles. The first-order valence-corrected chi connectivity index (χ1v) is 6.90. The zero-order valence-corrected chi connectivity index (χ0v) is 12.7. The summed E-state index contributed by atoms with van der Waals surface area (Å²) in [6.45, 7) is 4.72. The van der Waals surface area contributed by atoms with Gasteiger partial charge in [0, 0.05) is 24.0 Å². The van der Waals surface area contributed by atoms with Crippen LogP contribution in [0.1, 0.15) is 24.2 Å². The molecular weight excluding hydrogens is 278 g/mol. The van der Waals surface area contributed by atoms with E-state index in [1.54, 1.807) is 25.2 Å². The van der Waals surface area contributed by atoms with Gasteiger partial charge in [0.05, 0.1) is 11.3 Å². The molecule has 0 aliphatic heterocycles. The van der Waals surface area contributed by atoms with Gasteiger partial charge in [-0.2, -0.15) is 0 Å². The van der Waals surface area contributed by atoms with Crippen LogP contribution in [0.15, 0.2) is 18.2 Å². The third kappa shape index (κ3) is 4.51. The van der Waals surface area contributed by atoms with Gasteiger partial charge >= 0.3 is 0 Å². The molecule has 0 fully saturated rings. The highest BCUT2D eigenvalue weighted by Crippen LogP contribution is 2.21. The van der Waals surface area contributed by atoms with E-state index in [2.05, 4.69) is 16.0 Å². The number of nitrogens with one attached hydrogen (secondary N) is 3. The quantitative estimate of drug-likeness (QED) is 0.751. The number of benzene rings is 1. The van der Waals surface area contributed by atoms with Crippen molar-refractivity contribution >= 4 is 29.1 Å². The molecule has 0 heterocycles. The summed E-state index contributed by atoms with van der Waals surface area (Å²) >= 11 is 5.91. The van der Waals surface area contributed by atoms with E-state index in [9.17, 15) is 9.59 Å². The molecule has 2 amide bonds. The van der Waals surface area contributed by atoms with Crippen molar-refractivity contribution in [3.63, 3.8) is 0 Å². The van der Waals surface area contributed by atoms with Gasteiger partial charge in [0.2, 0.25) is 5.91 Å². The summed E-state index contributed by atoms with van der Waals surface area (Å²) in [7, 11) is 1.78. The molecule has 0 spiro atoms. The largest absolute Gasteiger partial charge is 0.352 e. The molecule has 3 N–H and O–H groups in total. The van der Waals surface area contributed by atoms with Crippen LogP contribution in [0.3, 0.4) is 0 Å². The first-order chi connectivity index (χ1) is 9.49. The molecule has 0 radical (unpaired) electrons. The predicted octanol–water partition coefficient (Wildman–Crippen LogP) is 1.88. The highest BCUT2D eigenvalue weighted by molar-refractivity contribution is 6.31. The van der Waals surface area contributed by atoms with Crippen LogP contribution >= 0.6 is 11.6 Å². The van der Waals surface area contributed by atoms with Crippen molar-refractivity contribution in [3.8, 4) is 0 Å². The van der Waals surface area contributed by atoms with Crippen LogP contribution in [-0.2, 0) is 4.79 Å². The Bertz CT molecular complexity index is 491. The fourth-order valence-electron chi connectivity index (χ4n) is 1.72. The molecule has 0 saturated heterocycles. The van der Waals surface area contributed by atoms with E-state index in [1.165, 1.54) is 0 Å². The highest BCUT2D eigenvalue weighted by Gasteiger charge is 2.17. The molecule has 1 atom stereocenters. The van der Waals surface area contributed by atoms with Crippen LogP contribution in [-0.4, -0.2) is 32.0 Å². The van der Waals surface area contributed by atoms with E-state index >= 15 is 0 Å². The van der Waals surface area contributed by atoms with E-state index in [-0.39, 0.29) is 17.7 Å². The molecule has 110 valence electrons. The minimum atomic E-state index is -0.258. The molecule has 0 bridgehead atoms. The molecule has 0 aromatic heterocycles. The van der Waals surface area contributed by atoms with Gasteiger partial charge in [0.15, 0.2) is 0 Å². The fraction of sp³-hybridized carbons (Fsp3) is 0.429. The highest BCUT2D eigenvalue weighted by atomic mass is 35.5. The Labute approximate surface area is 124 Å². The minimum Gasteiger partial charge on any atom is -0.352 e. The van der Waals surface area contributed by atoms with E-state index in [1.807, 2.05) is 13.8 Å². The molecule has 6 heteroatoms. The molecule has 20 heavy (non-hydrogen) atoms. The van der Waals surface area contributed by atoms with Crippen molar-refractivity contribution in [3.05, 3.63) is 28.8 Å². The van der Waals surface area contributed by atoms with Crippen molar-refractivity contribution in [1.29, 1.82) is 0 Å². The first-order valence-electron chi connectivity index (χ1n) is 6.52. The van der Waals surface area contributed by atoms with Crippen molar-refractivity contribution in [2.45, 2.75) is 13.8 Å². The van der Waals surface area contributed by atoms with Crippen molar-refractivity contribution in [1.82, 2.24) is 10.6 Å². The minimum absolute atomic E-state index is 0.146. The molecule has 1 unspecified atom stereocenters. The van der Waals surface area contributed by atoms with Crippen LogP contribution in [0.2, 0.25) is 5.02 Å². The lowest BCUT2D eigenvalue weighted by molar-refractivity contribution is -0.119. The van der Waals surface area contributed by atoms with Crippen LogP contribution in [0.5, 0.6) is 0 Å². The third-order valence-corrected chi connectivity index (χ3v) is 3.01. The topological polar surface area (TPSA) is 70.2 Å². The second-order valence-electron chi connectivity index (χ2n) is 4.50.